The first-order valence-electron chi connectivity index (χ1n) is 10.1. The molecule has 6 nitrogen and oxygen atoms in total. The summed E-state index contributed by atoms with van der Waals surface area (Å²) in [6, 6.07) is 13.6. The van der Waals surface area contributed by atoms with Gasteiger partial charge in [-0.15, -0.1) is 0 Å². The molecule has 1 aliphatic heterocycles. The van der Waals surface area contributed by atoms with Crippen molar-refractivity contribution in [2.75, 3.05) is 7.05 Å². The average molecular weight is 408 g/mol. The van der Waals surface area contributed by atoms with Crippen LogP contribution in [0.3, 0.4) is 0 Å². The van der Waals surface area contributed by atoms with Crippen molar-refractivity contribution in [3.05, 3.63) is 71.4 Å². The van der Waals surface area contributed by atoms with E-state index in [4.69, 9.17) is 15.2 Å². The molecule has 3 rings (SSSR count). The van der Waals surface area contributed by atoms with Gasteiger partial charge in [0.2, 0.25) is 0 Å². The maximum Gasteiger partial charge on any atom is 0.279 e. The first kappa shape index (κ1) is 21.4. The largest absolute Gasteiger partial charge is 0.490 e. The van der Waals surface area contributed by atoms with Gasteiger partial charge in [-0.1, -0.05) is 30.3 Å². The molecule has 1 amide bonds. The molecule has 3 N–H and O–H groups in total. The lowest BCUT2D eigenvalue weighted by atomic mass is 9.99. The number of hydrogen-bond acceptors (Lipinski definition) is 4. The Morgan fingerprint density at radius 2 is 2.07 bits per heavy atom. The molecule has 1 aliphatic rings. The fourth-order valence-corrected chi connectivity index (χ4v) is 3.47. The van der Waals surface area contributed by atoms with E-state index in [9.17, 15) is 4.79 Å². The van der Waals surface area contributed by atoms with E-state index in [0.29, 0.717) is 23.5 Å². The molecular formula is C24H29N3O3. The van der Waals surface area contributed by atoms with Crippen LogP contribution in [0.1, 0.15) is 42.3 Å². The first-order valence-corrected chi connectivity index (χ1v) is 10.1. The van der Waals surface area contributed by atoms with Gasteiger partial charge in [0.15, 0.2) is 0 Å². The lowest BCUT2D eigenvalue weighted by molar-refractivity contribution is 0.1000. The van der Waals surface area contributed by atoms with E-state index in [-0.39, 0.29) is 17.5 Å². The second-order valence-corrected chi connectivity index (χ2v) is 8.07. The third kappa shape index (κ3) is 5.41. The van der Waals surface area contributed by atoms with Gasteiger partial charge in [0, 0.05) is 31.0 Å². The fourth-order valence-electron chi connectivity index (χ4n) is 3.47. The van der Waals surface area contributed by atoms with E-state index in [0.717, 1.165) is 12.0 Å². The highest BCUT2D eigenvalue weighted by Gasteiger charge is 2.34. The van der Waals surface area contributed by atoms with Crippen molar-refractivity contribution in [3.8, 4) is 11.5 Å². The number of carbonyl (C=O) groups excluding carboxylic acids is 1. The van der Waals surface area contributed by atoms with Crippen LogP contribution in [-0.4, -0.2) is 30.5 Å². The normalized spacial score (nSPS) is 16.1. The molecule has 0 fully saturated rings. The van der Waals surface area contributed by atoms with Gasteiger partial charge in [-0.05, 0) is 50.7 Å². The lowest BCUT2D eigenvalue weighted by Gasteiger charge is -2.18. The monoisotopic (exact) mass is 407 g/mol. The highest BCUT2D eigenvalue weighted by atomic mass is 16.5. The first-order chi connectivity index (χ1) is 14.3. The number of ether oxygens (including phenoxy) is 2. The predicted molar refractivity (Wildman–Crippen MR) is 119 cm³/mol. The van der Waals surface area contributed by atoms with Gasteiger partial charge in [0.25, 0.3) is 5.91 Å². The number of benzene rings is 2. The zero-order chi connectivity index (χ0) is 21.7. The van der Waals surface area contributed by atoms with Crippen molar-refractivity contribution < 1.29 is 14.3 Å². The van der Waals surface area contributed by atoms with Gasteiger partial charge >= 0.3 is 0 Å². The van der Waals surface area contributed by atoms with Crippen LogP contribution in [0, 0.1) is 0 Å². The topological polar surface area (TPSA) is 85.9 Å². The van der Waals surface area contributed by atoms with Gasteiger partial charge < -0.3 is 20.5 Å². The van der Waals surface area contributed by atoms with Gasteiger partial charge in [-0.25, -0.2) is 0 Å². The summed E-state index contributed by atoms with van der Waals surface area (Å²) in [5, 5.41) is 2.81. The zero-order valence-corrected chi connectivity index (χ0v) is 17.9. The Morgan fingerprint density at radius 3 is 2.77 bits per heavy atom. The molecule has 1 unspecified atom stereocenters. The van der Waals surface area contributed by atoms with Crippen LogP contribution in [0.5, 0.6) is 11.5 Å². The number of aliphatic imine (C=N–C) groups is 1. The molecule has 1 heterocycles. The summed E-state index contributed by atoms with van der Waals surface area (Å²) in [7, 11) is 1.74. The van der Waals surface area contributed by atoms with E-state index in [2.05, 4.69) is 22.4 Å². The number of nitrogens with zero attached hydrogens (tertiary/aromatic N) is 1. The number of fused-ring (bicyclic) bond motifs is 1. The molecule has 0 radical (unpaired) electrons. The van der Waals surface area contributed by atoms with E-state index < -0.39 is 5.91 Å². The molecule has 30 heavy (non-hydrogen) atoms. The zero-order valence-electron chi connectivity index (χ0n) is 17.9. The summed E-state index contributed by atoms with van der Waals surface area (Å²) in [4.78, 5) is 16.6. The van der Waals surface area contributed by atoms with Crippen LogP contribution in [0.2, 0.25) is 0 Å². The highest BCUT2D eigenvalue weighted by Crippen LogP contribution is 2.42. The molecule has 0 aliphatic carbocycles. The SMILES string of the molecule is CN/C=C\C(N)=NC(=O)c1cc(OC(C)Cc2ccccc2)c2c(c1)OC(C)(C)C2. The van der Waals surface area contributed by atoms with Crippen LogP contribution in [0.25, 0.3) is 0 Å². The Bertz CT molecular complexity index is 965. The number of hydrogen-bond donors (Lipinski definition) is 2. The summed E-state index contributed by atoms with van der Waals surface area (Å²) in [5.74, 6) is 0.998. The van der Waals surface area contributed by atoms with E-state index >= 15 is 0 Å². The molecule has 6 heteroatoms. The third-order valence-corrected chi connectivity index (χ3v) is 4.75. The Hall–Kier alpha value is -3.28. The molecule has 158 valence electrons. The summed E-state index contributed by atoms with van der Waals surface area (Å²) in [6.07, 6.45) is 4.54. The summed E-state index contributed by atoms with van der Waals surface area (Å²) >= 11 is 0. The molecule has 0 aromatic heterocycles. The van der Waals surface area contributed by atoms with E-state index in [1.165, 1.54) is 11.6 Å². The second kappa shape index (κ2) is 9.03. The fraction of sp³-hybridized carbons (Fsp3) is 0.333. The molecule has 2 aromatic rings. The minimum Gasteiger partial charge on any atom is -0.490 e. The Labute approximate surface area is 177 Å². The van der Waals surface area contributed by atoms with Crippen LogP contribution in [0.15, 0.2) is 59.7 Å². The van der Waals surface area contributed by atoms with Crippen LogP contribution < -0.4 is 20.5 Å². The molecule has 0 saturated carbocycles. The second-order valence-electron chi connectivity index (χ2n) is 8.07. The Kier molecular flexibility index (Phi) is 6.45. The highest BCUT2D eigenvalue weighted by molar-refractivity contribution is 6.06. The summed E-state index contributed by atoms with van der Waals surface area (Å²) in [6.45, 7) is 6.06. The quantitative estimate of drug-likeness (QED) is 0.541. The van der Waals surface area contributed by atoms with Crippen LogP contribution in [0.4, 0.5) is 0 Å². The molecular weight excluding hydrogens is 378 g/mol. The van der Waals surface area contributed by atoms with Gasteiger partial charge in [0.05, 0.1) is 6.10 Å². The van der Waals surface area contributed by atoms with Crippen molar-refractivity contribution >= 4 is 11.7 Å². The van der Waals surface area contributed by atoms with Crippen molar-refractivity contribution in [3.63, 3.8) is 0 Å². The molecule has 0 bridgehead atoms. The number of carbonyl (C=O) groups is 1. The maximum atomic E-state index is 12.7. The van der Waals surface area contributed by atoms with Crippen LogP contribution >= 0.6 is 0 Å². The van der Waals surface area contributed by atoms with Crippen molar-refractivity contribution in [1.82, 2.24) is 5.32 Å². The van der Waals surface area contributed by atoms with Crippen LogP contribution in [-0.2, 0) is 12.8 Å². The third-order valence-electron chi connectivity index (χ3n) is 4.75. The summed E-state index contributed by atoms with van der Waals surface area (Å²) in [5.41, 5.74) is 7.99. The minimum absolute atomic E-state index is 0.0716. The number of nitrogens with two attached hydrogens (primary N) is 1. The molecule has 2 aromatic carbocycles. The molecule has 1 atom stereocenters. The Morgan fingerprint density at radius 1 is 1.33 bits per heavy atom. The molecule has 0 saturated heterocycles. The summed E-state index contributed by atoms with van der Waals surface area (Å²) < 4.78 is 12.3. The number of amides is 1. The number of amidine groups is 1. The number of nitrogens with one attached hydrogen (secondary N) is 1. The minimum atomic E-state index is -0.440. The standard InChI is InChI=1S/C24H29N3O3/c1-16(12-17-8-6-5-7-9-17)29-20-13-18(23(28)27-22(25)10-11-26-4)14-21-19(20)15-24(2,3)30-21/h5-11,13-14,16,26H,12,15H2,1-4H3,(H2,25,27,28)/b11-10-. The van der Waals surface area contributed by atoms with Crippen molar-refractivity contribution in [1.29, 1.82) is 0 Å². The predicted octanol–water partition coefficient (Wildman–Crippen LogP) is 3.64. The Balaban J connectivity index is 1.88. The smallest absolute Gasteiger partial charge is 0.279 e. The van der Waals surface area contributed by atoms with Gasteiger partial charge in [-0.3, -0.25) is 4.79 Å². The average Bonchev–Trinajstić information content (AvgIpc) is 3.01. The molecule has 0 spiro atoms. The van der Waals surface area contributed by atoms with Gasteiger partial charge in [0.1, 0.15) is 22.9 Å². The van der Waals surface area contributed by atoms with E-state index in [1.807, 2.05) is 39.0 Å². The van der Waals surface area contributed by atoms with E-state index in [1.54, 1.807) is 25.4 Å². The van der Waals surface area contributed by atoms with Crippen molar-refractivity contribution in [2.24, 2.45) is 10.7 Å². The van der Waals surface area contributed by atoms with Crippen molar-refractivity contribution in [2.45, 2.75) is 45.3 Å². The lowest BCUT2D eigenvalue weighted by Crippen LogP contribution is -2.24. The van der Waals surface area contributed by atoms with Gasteiger partial charge in [-0.2, -0.15) is 4.99 Å². The number of rotatable bonds is 7. The maximum absolute atomic E-state index is 12.7.